The van der Waals surface area contributed by atoms with E-state index in [9.17, 15) is 9.59 Å². The Balaban J connectivity index is 2.11. The average molecular weight is 298 g/mol. The molecular formula is C17H30O4. The summed E-state index contributed by atoms with van der Waals surface area (Å²) in [5.41, 5.74) is 0. The van der Waals surface area contributed by atoms with Crippen LogP contribution < -0.4 is 0 Å². The Morgan fingerprint density at radius 1 is 1.00 bits per heavy atom. The van der Waals surface area contributed by atoms with E-state index >= 15 is 0 Å². The molecule has 122 valence electrons. The first-order valence-electron chi connectivity index (χ1n) is 8.27. The summed E-state index contributed by atoms with van der Waals surface area (Å²) in [6.45, 7) is 8.16. The van der Waals surface area contributed by atoms with Gasteiger partial charge in [0.2, 0.25) is 0 Å². The predicted molar refractivity (Wildman–Crippen MR) is 81.8 cm³/mol. The molecule has 0 amide bonds. The molecule has 1 unspecified atom stereocenters. The second kappa shape index (κ2) is 9.06. The first kappa shape index (κ1) is 18.0. The van der Waals surface area contributed by atoms with Gasteiger partial charge < -0.3 is 9.47 Å². The van der Waals surface area contributed by atoms with E-state index in [1.807, 2.05) is 20.8 Å². The van der Waals surface area contributed by atoms with Crippen LogP contribution >= 0.6 is 0 Å². The lowest BCUT2D eigenvalue weighted by atomic mass is 9.89. The van der Waals surface area contributed by atoms with Crippen LogP contribution in [0, 0.1) is 11.8 Å². The van der Waals surface area contributed by atoms with Crippen molar-refractivity contribution in [1.29, 1.82) is 0 Å². The van der Waals surface area contributed by atoms with Gasteiger partial charge in [0.1, 0.15) is 12.2 Å². The minimum absolute atomic E-state index is 0.0753. The molecule has 0 saturated heterocycles. The fourth-order valence-electron chi connectivity index (χ4n) is 2.37. The van der Waals surface area contributed by atoms with E-state index in [1.165, 1.54) is 0 Å². The number of esters is 2. The van der Waals surface area contributed by atoms with Crippen LogP contribution in [0.5, 0.6) is 0 Å². The van der Waals surface area contributed by atoms with Gasteiger partial charge in [0, 0.05) is 12.8 Å². The number of carbonyl (C=O) groups is 2. The smallest absolute Gasteiger partial charge is 0.306 e. The third kappa shape index (κ3) is 7.49. The average Bonchev–Trinajstić information content (AvgIpc) is 2.41. The summed E-state index contributed by atoms with van der Waals surface area (Å²) < 4.78 is 10.7. The second-order valence-electron chi connectivity index (χ2n) is 6.66. The van der Waals surface area contributed by atoms with Crippen LogP contribution in [0.1, 0.15) is 72.6 Å². The van der Waals surface area contributed by atoms with Crippen LogP contribution in [-0.2, 0) is 19.1 Å². The summed E-state index contributed by atoms with van der Waals surface area (Å²) in [7, 11) is 0. The van der Waals surface area contributed by atoms with Gasteiger partial charge in [-0.2, -0.15) is 0 Å². The summed E-state index contributed by atoms with van der Waals surface area (Å²) in [5, 5.41) is 0. The Bertz CT molecular complexity index is 330. The molecule has 1 rings (SSSR count). The zero-order valence-electron chi connectivity index (χ0n) is 13.9. The first-order chi connectivity index (χ1) is 9.88. The summed E-state index contributed by atoms with van der Waals surface area (Å²) in [4.78, 5) is 23.3. The number of ether oxygens (including phenoxy) is 2. The van der Waals surface area contributed by atoms with Crippen molar-refractivity contribution in [3.8, 4) is 0 Å². The molecule has 4 nitrogen and oxygen atoms in total. The molecule has 0 heterocycles. The molecule has 0 radical (unpaired) electrons. The molecule has 0 aliphatic heterocycles. The summed E-state index contributed by atoms with van der Waals surface area (Å²) in [6.07, 6.45) is 5.32. The van der Waals surface area contributed by atoms with Crippen LogP contribution in [0.3, 0.4) is 0 Å². The highest BCUT2D eigenvalue weighted by Gasteiger charge is 2.21. The lowest BCUT2D eigenvalue weighted by molar-refractivity contribution is -0.152. The molecule has 0 bridgehead atoms. The van der Waals surface area contributed by atoms with E-state index in [4.69, 9.17) is 9.47 Å². The van der Waals surface area contributed by atoms with Gasteiger partial charge in [-0.25, -0.2) is 0 Å². The largest absolute Gasteiger partial charge is 0.462 e. The molecule has 21 heavy (non-hydrogen) atoms. The van der Waals surface area contributed by atoms with Crippen molar-refractivity contribution in [1.82, 2.24) is 0 Å². The van der Waals surface area contributed by atoms with Crippen molar-refractivity contribution in [3.63, 3.8) is 0 Å². The second-order valence-corrected chi connectivity index (χ2v) is 6.66. The lowest BCUT2D eigenvalue weighted by Gasteiger charge is -2.26. The summed E-state index contributed by atoms with van der Waals surface area (Å²) in [5.74, 6) is 0.653. The van der Waals surface area contributed by atoms with Crippen molar-refractivity contribution >= 4 is 11.9 Å². The van der Waals surface area contributed by atoms with E-state index in [-0.39, 0.29) is 30.6 Å². The number of rotatable bonds is 7. The van der Waals surface area contributed by atoms with Gasteiger partial charge in [-0.05, 0) is 50.9 Å². The third-order valence-electron chi connectivity index (χ3n) is 4.28. The third-order valence-corrected chi connectivity index (χ3v) is 4.28. The van der Waals surface area contributed by atoms with Gasteiger partial charge in [0.25, 0.3) is 0 Å². The maximum Gasteiger partial charge on any atom is 0.306 e. The molecule has 1 atom stereocenters. The SMILES string of the molecule is CC1CCC(OC(=O)CCCC(=O)OC(C)C(C)C)CC1. The lowest BCUT2D eigenvalue weighted by Crippen LogP contribution is -2.24. The van der Waals surface area contributed by atoms with E-state index < -0.39 is 0 Å². The molecule has 0 aromatic carbocycles. The standard InChI is InChI=1S/C17H30O4/c1-12(2)14(4)20-16(18)6-5-7-17(19)21-15-10-8-13(3)9-11-15/h12-15H,5-11H2,1-4H3. The van der Waals surface area contributed by atoms with Crippen molar-refractivity contribution in [2.45, 2.75) is 84.8 Å². The van der Waals surface area contributed by atoms with Gasteiger partial charge in [-0.1, -0.05) is 20.8 Å². The number of carbonyl (C=O) groups excluding carboxylic acids is 2. The van der Waals surface area contributed by atoms with Gasteiger partial charge >= 0.3 is 11.9 Å². The van der Waals surface area contributed by atoms with Gasteiger partial charge in [-0.15, -0.1) is 0 Å². The zero-order valence-corrected chi connectivity index (χ0v) is 13.9. The van der Waals surface area contributed by atoms with E-state index in [0.29, 0.717) is 18.8 Å². The molecule has 4 heteroatoms. The van der Waals surface area contributed by atoms with Crippen molar-refractivity contribution in [2.75, 3.05) is 0 Å². The zero-order chi connectivity index (χ0) is 15.8. The maximum atomic E-state index is 11.7. The molecule has 1 aliphatic rings. The molecule has 0 N–H and O–H groups in total. The van der Waals surface area contributed by atoms with E-state index in [1.54, 1.807) is 0 Å². The molecule has 1 fully saturated rings. The van der Waals surface area contributed by atoms with Crippen molar-refractivity contribution in [3.05, 3.63) is 0 Å². The van der Waals surface area contributed by atoms with Crippen LogP contribution in [-0.4, -0.2) is 24.1 Å². The topological polar surface area (TPSA) is 52.6 Å². The van der Waals surface area contributed by atoms with Crippen LogP contribution in [0.15, 0.2) is 0 Å². The Morgan fingerprint density at radius 3 is 2.14 bits per heavy atom. The Kier molecular flexibility index (Phi) is 7.76. The number of hydrogen-bond donors (Lipinski definition) is 0. The first-order valence-corrected chi connectivity index (χ1v) is 8.27. The van der Waals surface area contributed by atoms with E-state index in [2.05, 4.69) is 6.92 Å². The highest BCUT2D eigenvalue weighted by molar-refractivity contribution is 5.72. The quantitative estimate of drug-likeness (QED) is 0.670. The Hall–Kier alpha value is -1.06. The molecule has 0 spiro atoms. The highest BCUT2D eigenvalue weighted by atomic mass is 16.5. The molecule has 0 aromatic heterocycles. The van der Waals surface area contributed by atoms with Crippen molar-refractivity contribution < 1.29 is 19.1 Å². The minimum atomic E-state index is -0.226. The normalized spacial score (nSPS) is 23.7. The maximum absolute atomic E-state index is 11.7. The van der Waals surface area contributed by atoms with E-state index in [0.717, 1.165) is 31.6 Å². The monoisotopic (exact) mass is 298 g/mol. The molecule has 0 aromatic rings. The van der Waals surface area contributed by atoms with Gasteiger partial charge in [0.05, 0.1) is 0 Å². The van der Waals surface area contributed by atoms with Gasteiger partial charge in [-0.3, -0.25) is 9.59 Å². The Morgan fingerprint density at radius 2 is 1.57 bits per heavy atom. The fraction of sp³-hybridized carbons (Fsp3) is 0.882. The van der Waals surface area contributed by atoms with Crippen LogP contribution in [0.4, 0.5) is 0 Å². The predicted octanol–water partition coefficient (Wildman–Crippen LogP) is 3.87. The number of hydrogen-bond acceptors (Lipinski definition) is 4. The highest BCUT2D eigenvalue weighted by Crippen LogP contribution is 2.25. The van der Waals surface area contributed by atoms with Crippen molar-refractivity contribution in [2.24, 2.45) is 11.8 Å². The summed E-state index contributed by atoms with van der Waals surface area (Å²) in [6, 6.07) is 0. The van der Waals surface area contributed by atoms with Crippen LogP contribution in [0.2, 0.25) is 0 Å². The van der Waals surface area contributed by atoms with Crippen LogP contribution in [0.25, 0.3) is 0 Å². The Labute approximate surface area is 128 Å². The molecule has 1 saturated carbocycles. The molecular weight excluding hydrogens is 268 g/mol. The summed E-state index contributed by atoms with van der Waals surface area (Å²) >= 11 is 0. The fourth-order valence-corrected chi connectivity index (χ4v) is 2.37. The van der Waals surface area contributed by atoms with Gasteiger partial charge in [0.15, 0.2) is 0 Å². The molecule has 1 aliphatic carbocycles. The minimum Gasteiger partial charge on any atom is -0.462 e.